The van der Waals surface area contributed by atoms with Crippen molar-refractivity contribution < 1.29 is 42.1 Å². The molecule has 1 N–H and O–H groups in total. The van der Waals surface area contributed by atoms with E-state index in [1.165, 1.54) is 109 Å². The minimum Gasteiger partial charge on any atom is -0.462 e. The van der Waals surface area contributed by atoms with Gasteiger partial charge in [0.05, 0.1) is 27.7 Å². The molecule has 0 radical (unpaired) electrons. The number of carbonyl (C=O) groups excluding carboxylic acids is 2. The van der Waals surface area contributed by atoms with Crippen molar-refractivity contribution in [2.45, 2.75) is 213 Å². The second kappa shape index (κ2) is 42.3. The number of unbranched alkanes of at least 4 members (excludes halogenated alkanes) is 22. The zero-order valence-corrected chi connectivity index (χ0v) is 40.3. The average Bonchev–Trinajstić information content (AvgIpc) is 3.20. The van der Waals surface area contributed by atoms with E-state index in [2.05, 4.69) is 62.5 Å². The van der Waals surface area contributed by atoms with Gasteiger partial charge in [-0.25, -0.2) is 4.57 Å². The summed E-state index contributed by atoms with van der Waals surface area (Å²) >= 11 is 0. The molecule has 0 aromatic carbocycles. The third-order valence-corrected chi connectivity index (χ3v) is 11.3. The second-order valence-corrected chi connectivity index (χ2v) is 19.0. The molecular formula is C50H93NO8P+. The number of phosphoric acid groups is 1. The van der Waals surface area contributed by atoms with Crippen molar-refractivity contribution in [2.75, 3.05) is 47.5 Å². The molecule has 0 fully saturated rings. The summed E-state index contributed by atoms with van der Waals surface area (Å²) in [5, 5.41) is 0. The highest BCUT2D eigenvalue weighted by Gasteiger charge is 2.27. The standard InChI is InChI=1S/C50H92NO8P/c1-6-8-10-12-14-16-18-20-22-24-25-27-29-31-33-35-37-39-41-43-50(53)59-48(47-58-60(54,55)57-45-44-51(3,4)5)46-56-49(52)42-40-38-36-34-32-30-28-26-23-21-19-17-15-13-11-9-7-2/h11,13,17,19,23,26,30,32,48H,6-10,12,14-16,18,20-22,24-25,27-29,31,33-47H2,1-5H3/p+1/b13-11+,19-17+,26-23+,32-30+/t48-/m1/s1. The summed E-state index contributed by atoms with van der Waals surface area (Å²) < 4.78 is 34.4. The Kier molecular flexibility index (Phi) is 40.8. The van der Waals surface area contributed by atoms with Crippen LogP contribution in [0.1, 0.15) is 206 Å². The molecule has 0 amide bonds. The summed E-state index contributed by atoms with van der Waals surface area (Å²) in [6.45, 7) is 4.34. The number of ether oxygens (including phenoxy) is 2. The van der Waals surface area contributed by atoms with Gasteiger partial charge in [0, 0.05) is 12.8 Å². The average molecular weight is 867 g/mol. The summed E-state index contributed by atoms with van der Waals surface area (Å²) in [6, 6.07) is 0. The van der Waals surface area contributed by atoms with Gasteiger partial charge in [-0.15, -0.1) is 0 Å². The SMILES string of the molecule is CCC/C=C/C/C=C/C/C=C/C/C=C/CCCCCC(=O)OC[C@H](COP(=O)(O)OCC[N+](C)(C)C)OC(=O)CCCCCCCCCCCCCCCCCCCCC. The van der Waals surface area contributed by atoms with Crippen LogP contribution in [0.3, 0.4) is 0 Å². The van der Waals surface area contributed by atoms with Crippen molar-refractivity contribution in [3.63, 3.8) is 0 Å². The summed E-state index contributed by atoms with van der Waals surface area (Å²) in [7, 11) is 1.46. The zero-order chi connectivity index (χ0) is 44.3. The van der Waals surface area contributed by atoms with Gasteiger partial charge in [-0.1, -0.05) is 191 Å². The number of likely N-dealkylation sites (N-methyl/N-ethyl adjacent to an activating group) is 1. The molecule has 0 heterocycles. The Morgan fingerprint density at radius 3 is 1.40 bits per heavy atom. The fraction of sp³-hybridized carbons (Fsp3) is 0.800. The fourth-order valence-electron chi connectivity index (χ4n) is 6.54. The Morgan fingerprint density at radius 2 is 0.933 bits per heavy atom. The molecular weight excluding hydrogens is 774 g/mol. The van der Waals surface area contributed by atoms with Gasteiger partial charge in [0.25, 0.3) is 0 Å². The van der Waals surface area contributed by atoms with Crippen LogP contribution < -0.4 is 0 Å². The molecule has 9 nitrogen and oxygen atoms in total. The van der Waals surface area contributed by atoms with Crippen LogP contribution in [0.5, 0.6) is 0 Å². The van der Waals surface area contributed by atoms with Crippen molar-refractivity contribution in [3.8, 4) is 0 Å². The van der Waals surface area contributed by atoms with E-state index in [0.29, 0.717) is 23.9 Å². The third-order valence-electron chi connectivity index (χ3n) is 10.3. The maximum absolute atomic E-state index is 12.7. The van der Waals surface area contributed by atoms with Gasteiger partial charge in [-0.05, 0) is 51.4 Å². The Labute approximate surface area is 369 Å². The molecule has 350 valence electrons. The summed E-state index contributed by atoms with van der Waals surface area (Å²) in [5.74, 6) is -0.829. The molecule has 0 aliphatic rings. The Hall–Kier alpha value is -2.03. The first-order chi connectivity index (χ1) is 29.0. The van der Waals surface area contributed by atoms with Gasteiger partial charge >= 0.3 is 19.8 Å². The fourth-order valence-corrected chi connectivity index (χ4v) is 7.28. The lowest BCUT2D eigenvalue weighted by atomic mass is 10.0. The molecule has 0 bridgehead atoms. The normalized spacial score (nSPS) is 13.9. The highest BCUT2D eigenvalue weighted by atomic mass is 31.2. The quantitative estimate of drug-likeness (QED) is 0.0212. The van der Waals surface area contributed by atoms with Crippen LogP contribution in [0, 0.1) is 0 Å². The van der Waals surface area contributed by atoms with Gasteiger partial charge in [0.15, 0.2) is 6.10 Å². The minimum atomic E-state index is -4.38. The van der Waals surface area contributed by atoms with E-state index < -0.39 is 32.5 Å². The van der Waals surface area contributed by atoms with Gasteiger partial charge in [0.1, 0.15) is 19.8 Å². The van der Waals surface area contributed by atoms with E-state index in [4.69, 9.17) is 18.5 Å². The van der Waals surface area contributed by atoms with Crippen molar-refractivity contribution in [1.82, 2.24) is 0 Å². The van der Waals surface area contributed by atoms with Gasteiger partial charge in [-0.2, -0.15) is 0 Å². The molecule has 0 saturated carbocycles. The maximum atomic E-state index is 12.7. The van der Waals surface area contributed by atoms with Gasteiger partial charge in [-0.3, -0.25) is 18.6 Å². The number of quaternary nitrogens is 1. The molecule has 0 spiro atoms. The van der Waals surface area contributed by atoms with Gasteiger partial charge in [0.2, 0.25) is 0 Å². The molecule has 0 rings (SSSR count). The van der Waals surface area contributed by atoms with Crippen LogP contribution in [0.2, 0.25) is 0 Å². The van der Waals surface area contributed by atoms with Crippen LogP contribution >= 0.6 is 7.82 Å². The summed E-state index contributed by atoms with van der Waals surface area (Å²) in [5.41, 5.74) is 0. The zero-order valence-electron chi connectivity index (χ0n) is 39.4. The van der Waals surface area contributed by atoms with Crippen molar-refractivity contribution in [2.24, 2.45) is 0 Å². The number of allylic oxidation sites excluding steroid dienone is 8. The minimum absolute atomic E-state index is 0.0262. The highest BCUT2D eigenvalue weighted by Crippen LogP contribution is 2.43. The first kappa shape index (κ1) is 58.0. The smallest absolute Gasteiger partial charge is 0.462 e. The van der Waals surface area contributed by atoms with Crippen LogP contribution in [-0.2, 0) is 32.7 Å². The molecule has 0 aromatic heterocycles. The molecule has 60 heavy (non-hydrogen) atoms. The number of nitrogens with zero attached hydrogens (tertiary/aromatic N) is 1. The number of hydrogen-bond acceptors (Lipinski definition) is 7. The maximum Gasteiger partial charge on any atom is 0.472 e. The van der Waals surface area contributed by atoms with Crippen LogP contribution in [0.25, 0.3) is 0 Å². The number of rotatable bonds is 44. The lowest BCUT2D eigenvalue weighted by Crippen LogP contribution is -2.37. The van der Waals surface area contributed by atoms with Crippen molar-refractivity contribution in [3.05, 3.63) is 48.6 Å². The molecule has 10 heteroatoms. The highest BCUT2D eigenvalue weighted by molar-refractivity contribution is 7.47. The second-order valence-electron chi connectivity index (χ2n) is 17.5. The predicted molar refractivity (Wildman–Crippen MR) is 252 cm³/mol. The number of carbonyl (C=O) groups is 2. The lowest BCUT2D eigenvalue weighted by molar-refractivity contribution is -0.870. The first-order valence-corrected chi connectivity index (χ1v) is 25.9. The van der Waals surface area contributed by atoms with E-state index in [1.807, 2.05) is 21.1 Å². The first-order valence-electron chi connectivity index (χ1n) is 24.4. The summed E-state index contributed by atoms with van der Waals surface area (Å²) in [6.07, 6.45) is 50.2. The number of phosphoric ester groups is 1. The molecule has 0 aliphatic heterocycles. The predicted octanol–water partition coefficient (Wildman–Crippen LogP) is 14.2. The van der Waals surface area contributed by atoms with Crippen LogP contribution in [-0.4, -0.2) is 74.9 Å². The molecule has 0 saturated heterocycles. The molecule has 1 unspecified atom stereocenters. The topological polar surface area (TPSA) is 108 Å². The third kappa shape index (κ3) is 45.5. The Bertz CT molecular complexity index is 1160. The number of hydrogen-bond donors (Lipinski definition) is 1. The van der Waals surface area contributed by atoms with E-state index >= 15 is 0 Å². The van der Waals surface area contributed by atoms with E-state index in [9.17, 15) is 19.0 Å². The molecule has 0 aromatic rings. The van der Waals surface area contributed by atoms with Crippen molar-refractivity contribution in [1.29, 1.82) is 0 Å². The van der Waals surface area contributed by atoms with Crippen LogP contribution in [0.4, 0.5) is 0 Å². The summed E-state index contributed by atoms with van der Waals surface area (Å²) in [4.78, 5) is 35.5. The van der Waals surface area contributed by atoms with E-state index in [0.717, 1.165) is 57.8 Å². The monoisotopic (exact) mass is 867 g/mol. The van der Waals surface area contributed by atoms with Crippen LogP contribution in [0.15, 0.2) is 48.6 Å². The molecule has 0 aliphatic carbocycles. The van der Waals surface area contributed by atoms with Crippen molar-refractivity contribution >= 4 is 19.8 Å². The Morgan fingerprint density at radius 1 is 0.517 bits per heavy atom. The van der Waals surface area contributed by atoms with Gasteiger partial charge < -0.3 is 18.9 Å². The number of esters is 2. The largest absolute Gasteiger partial charge is 0.472 e. The van der Waals surface area contributed by atoms with E-state index in [-0.39, 0.29) is 26.1 Å². The Balaban J connectivity index is 4.33. The van der Waals surface area contributed by atoms with E-state index in [1.54, 1.807) is 0 Å². The molecule has 2 atom stereocenters. The lowest BCUT2D eigenvalue weighted by Gasteiger charge is -2.24.